The number of hydrogen-bond donors (Lipinski definition) is 1. The maximum Gasteiger partial charge on any atom is 0.0359 e. The second-order valence-electron chi connectivity index (χ2n) is 7.38. The predicted octanol–water partition coefficient (Wildman–Crippen LogP) is 4.30. The fourth-order valence-electron chi connectivity index (χ4n) is 4.14. The van der Waals surface area contributed by atoms with Crippen molar-refractivity contribution in [1.82, 2.24) is 10.2 Å². The van der Waals surface area contributed by atoms with Crippen molar-refractivity contribution in [3.63, 3.8) is 0 Å². The van der Waals surface area contributed by atoms with Crippen LogP contribution in [0.2, 0.25) is 0 Å². The third-order valence-electron chi connectivity index (χ3n) is 5.54. The SMILES string of the molecule is CCCNC(C(C)CCC)C1(N(C)C)CCC(C)CC1. The number of likely N-dealkylation sites (N-methyl/N-ethyl adjacent to an activating group) is 1. The van der Waals surface area contributed by atoms with Gasteiger partial charge in [-0.25, -0.2) is 0 Å². The lowest BCUT2D eigenvalue weighted by atomic mass is 9.68. The molecular formula is C18H38N2. The predicted molar refractivity (Wildman–Crippen MR) is 90.2 cm³/mol. The van der Waals surface area contributed by atoms with E-state index in [0.717, 1.165) is 18.4 Å². The van der Waals surface area contributed by atoms with E-state index in [0.29, 0.717) is 11.6 Å². The van der Waals surface area contributed by atoms with Crippen LogP contribution in [-0.2, 0) is 0 Å². The lowest BCUT2D eigenvalue weighted by Gasteiger charge is -2.52. The average molecular weight is 283 g/mol. The van der Waals surface area contributed by atoms with Gasteiger partial charge in [0.15, 0.2) is 0 Å². The van der Waals surface area contributed by atoms with Gasteiger partial charge in [0.25, 0.3) is 0 Å². The van der Waals surface area contributed by atoms with E-state index < -0.39 is 0 Å². The summed E-state index contributed by atoms with van der Waals surface area (Å²) >= 11 is 0. The molecule has 0 spiro atoms. The minimum Gasteiger partial charge on any atom is -0.312 e. The van der Waals surface area contributed by atoms with E-state index in [1.165, 1.54) is 44.9 Å². The van der Waals surface area contributed by atoms with Crippen LogP contribution in [0, 0.1) is 11.8 Å². The van der Waals surface area contributed by atoms with Crippen molar-refractivity contribution in [2.75, 3.05) is 20.6 Å². The van der Waals surface area contributed by atoms with Gasteiger partial charge in [-0.2, -0.15) is 0 Å². The van der Waals surface area contributed by atoms with E-state index in [1.807, 2.05) is 0 Å². The molecule has 1 aliphatic rings. The van der Waals surface area contributed by atoms with Crippen LogP contribution in [0.5, 0.6) is 0 Å². The number of nitrogens with zero attached hydrogens (tertiary/aromatic N) is 1. The van der Waals surface area contributed by atoms with Crippen molar-refractivity contribution < 1.29 is 0 Å². The molecule has 0 bridgehead atoms. The quantitative estimate of drug-likeness (QED) is 0.714. The molecule has 1 fully saturated rings. The monoisotopic (exact) mass is 282 g/mol. The highest BCUT2D eigenvalue weighted by atomic mass is 15.2. The molecule has 120 valence electrons. The zero-order valence-corrected chi connectivity index (χ0v) is 14.8. The minimum atomic E-state index is 0.371. The van der Waals surface area contributed by atoms with E-state index in [1.54, 1.807) is 0 Å². The lowest BCUT2D eigenvalue weighted by molar-refractivity contribution is 0.0224. The molecule has 2 heteroatoms. The van der Waals surface area contributed by atoms with Crippen LogP contribution in [0.15, 0.2) is 0 Å². The molecule has 2 nitrogen and oxygen atoms in total. The zero-order chi connectivity index (χ0) is 15.2. The first-order chi connectivity index (χ1) is 9.47. The second kappa shape index (κ2) is 8.38. The van der Waals surface area contributed by atoms with Gasteiger partial charge in [0, 0.05) is 11.6 Å². The van der Waals surface area contributed by atoms with E-state index >= 15 is 0 Å². The topological polar surface area (TPSA) is 15.3 Å². The summed E-state index contributed by atoms with van der Waals surface area (Å²) < 4.78 is 0. The average Bonchev–Trinajstić information content (AvgIpc) is 2.41. The first-order valence-corrected chi connectivity index (χ1v) is 8.88. The Labute approximate surface area is 127 Å². The smallest absolute Gasteiger partial charge is 0.0359 e. The van der Waals surface area contributed by atoms with Crippen molar-refractivity contribution >= 4 is 0 Å². The van der Waals surface area contributed by atoms with Crippen LogP contribution >= 0.6 is 0 Å². The molecule has 0 aromatic heterocycles. The summed E-state index contributed by atoms with van der Waals surface area (Å²) in [6.07, 6.45) is 9.36. The molecule has 2 atom stereocenters. The Balaban J connectivity index is 2.91. The number of hydrogen-bond acceptors (Lipinski definition) is 2. The standard InChI is InChI=1S/C18H38N2/c1-7-9-16(4)17(19-14-8-2)18(20(5)6)12-10-15(3)11-13-18/h15-17,19H,7-14H2,1-6H3. The largest absolute Gasteiger partial charge is 0.312 e. The maximum absolute atomic E-state index is 3.92. The summed E-state index contributed by atoms with van der Waals surface area (Å²) in [5.41, 5.74) is 0.371. The highest BCUT2D eigenvalue weighted by Gasteiger charge is 2.44. The maximum atomic E-state index is 3.92. The summed E-state index contributed by atoms with van der Waals surface area (Å²) in [6.45, 7) is 10.6. The molecule has 2 unspecified atom stereocenters. The van der Waals surface area contributed by atoms with Crippen molar-refractivity contribution in [2.45, 2.75) is 84.2 Å². The van der Waals surface area contributed by atoms with E-state index in [2.05, 4.69) is 52.0 Å². The van der Waals surface area contributed by atoms with Crippen LogP contribution in [-0.4, -0.2) is 37.1 Å². The molecule has 0 aromatic carbocycles. The fraction of sp³-hybridized carbons (Fsp3) is 1.00. The number of rotatable bonds is 8. The first-order valence-electron chi connectivity index (χ1n) is 8.88. The van der Waals surface area contributed by atoms with Crippen LogP contribution in [0.25, 0.3) is 0 Å². The van der Waals surface area contributed by atoms with Gasteiger partial charge in [0.1, 0.15) is 0 Å². The van der Waals surface area contributed by atoms with Crippen molar-refractivity contribution in [3.05, 3.63) is 0 Å². The van der Waals surface area contributed by atoms with Crippen molar-refractivity contribution in [1.29, 1.82) is 0 Å². The summed E-state index contributed by atoms with van der Waals surface area (Å²) in [4.78, 5) is 2.54. The molecule has 0 heterocycles. The third-order valence-corrected chi connectivity index (χ3v) is 5.54. The molecule has 1 saturated carbocycles. The molecule has 1 rings (SSSR count). The summed E-state index contributed by atoms with van der Waals surface area (Å²) in [6, 6.07) is 0.643. The van der Waals surface area contributed by atoms with Crippen molar-refractivity contribution in [2.24, 2.45) is 11.8 Å². The Morgan fingerprint density at radius 2 is 1.75 bits per heavy atom. The Morgan fingerprint density at radius 3 is 2.20 bits per heavy atom. The molecule has 0 radical (unpaired) electrons. The Hall–Kier alpha value is -0.0800. The van der Waals surface area contributed by atoms with Crippen molar-refractivity contribution in [3.8, 4) is 0 Å². The molecular weight excluding hydrogens is 244 g/mol. The van der Waals surface area contributed by atoms with Gasteiger partial charge in [-0.1, -0.05) is 34.1 Å². The lowest BCUT2D eigenvalue weighted by Crippen LogP contribution is -2.62. The van der Waals surface area contributed by atoms with Gasteiger partial charge < -0.3 is 10.2 Å². The van der Waals surface area contributed by atoms with Gasteiger partial charge in [0.2, 0.25) is 0 Å². The molecule has 0 saturated heterocycles. The molecule has 1 N–H and O–H groups in total. The van der Waals surface area contributed by atoms with Gasteiger partial charge >= 0.3 is 0 Å². The molecule has 0 aromatic rings. The van der Waals surface area contributed by atoms with E-state index in [-0.39, 0.29) is 0 Å². The summed E-state index contributed by atoms with van der Waals surface area (Å²) in [5.74, 6) is 1.68. The fourth-order valence-corrected chi connectivity index (χ4v) is 4.14. The van der Waals surface area contributed by atoms with E-state index in [4.69, 9.17) is 0 Å². The normalized spacial score (nSPS) is 30.4. The second-order valence-corrected chi connectivity index (χ2v) is 7.38. The Bertz CT molecular complexity index is 254. The van der Waals surface area contributed by atoms with Crippen LogP contribution in [0.1, 0.15) is 72.6 Å². The number of nitrogens with one attached hydrogen (secondary N) is 1. The van der Waals surface area contributed by atoms with Crippen LogP contribution in [0.3, 0.4) is 0 Å². The molecule has 20 heavy (non-hydrogen) atoms. The van der Waals surface area contributed by atoms with Crippen LogP contribution in [0.4, 0.5) is 0 Å². The Morgan fingerprint density at radius 1 is 1.15 bits per heavy atom. The van der Waals surface area contributed by atoms with Gasteiger partial charge in [0.05, 0.1) is 0 Å². The molecule has 1 aliphatic carbocycles. The molecule has 0 aliphatic heterocycles. The first kappa shape index (κ1) is 18.0. The third kappa shape index (κ3) is 4.21. The zero-order valence-electron chi connectivity index (χ0n) is 14.8. The van der Waals surface area contributed by atoms with Gasteiger partial charge in [-0.15, -0.1) is 0 Å². The highest BCUT2D eigenvalue weighted by molar-refractivity contribution is 5.03. The van der Waals surface area contributed by atoms with Gasteiger partial charge in [-0.3, -0.25) is 0 Å². The highest BCUT2D eigenvalue weighted by Crippen LogP contribution is 2.40. The summed E-state index contributed by atoms with van der Waals surface area (Å²) in [5, 5.41) is 3.92. The van der Waals surface area contributed by atoms with Gasteiger partial charge in [-0.05, 0) is 71.0 Å². The Kier molecular flexibility index (Phi) is 7.53. The molecule has 0 amide bonds. The summed E-state index contributed by atoms with van der Waals surface area (Å²) in [7, 11) is 4.60. The van der Waals surface area contributed by atoms with Crippen LogP contribution < -0.4 is 5.32 Å². The minimum absolute atomic E-state index is 0.371. The van der Waals surface area contributed by atoms with E-state index in [9.17, 15) is 0 Å².